The second-order valence-corrected chi connectivity index (χ2v) is 13.8. The van der Waals surface area contributed by atoms with Crippen molar-refractivity contribution in [1.82, 2.24) is 19.8 Å². The number of nitrogens with zero attached hydrogens (tertiary/aromatic N) is 5. The van der Waals surface area contributed by atoms with Crippen molar-refractivity contribution in [2.45, 2.75) is 45.9 Å². The van der Waals surface area contributed by atoms with Crippen LogP contribution >= 0.6 is 11.6 Å². The zero-order valence-electron chi connectivity index (χ0n) is 28.1. The Balaban J connectivity index is 1.13. The van der Waals surface area contributed by atoms with E-state index in [1.165, 1.54) is 0 Å². The largest absolute Gasteiger partial charge is 0.481 e. The molecule has 2 aliphatic heterocycles. The molecule has 254 valence electrons. The highest BCUT2D eigenvalue weighted by atomic mass is 35.5. The topological polar surface area (TPSA) is 127 Å². The van der Waals surface area contributed by atoms with E-state index in [1.807, 2.05) is 80.6 Å². The van der Waals surface area contributed by atoms with Crippen molar-refractivity contribution in [2.24, 2.45) is 5.92 Å². The molecule has 0 amide bonds. The maximum absolute atomic E-state index is 11.4. The summed E-state index contributed by atoms with van der Waals surface area (Å²) >= 11 is 6.74. The lowest BCUT2D eigenvalue weighted by atomic mass is 9.93. The monoisotopic (exact) mass is 687 g/mol. The molecule has 9 nitrogen and oxygen atoms in total. The van der Waals surface area contributed by atoms with Crippen LogP contribution in [0.2, 0.25) is 5.02 Å². The fourth-order valence-electron chi connectivity index (χ4n) is 7.14. The van der Waals surface area contributed by atoms with Crippen LogP contribution in [0.1, 0.15) is 51.9 Å². The first-order valence-electron chi connectivity index (χ1n) is 16.9. The molecular weight excluding hydrogens is 650 g/mol. The molecule has 50 heavy (non-hydrogen) atoms. The van der Waals surface area contributed by atoms with Gasteiger partial charge in [0.05, 0.1) is 23.3 Å². The third-order valence-corrected chi connectivity index (χ3v) is 10.3. The number of aliphatic hydroxyl groups is 1. The van der Waals surface area contributed by atoms with Crippen molar-refractivity contribution in [3.05, 3.63) is 105 Å². The molecule has 2 N–H and O–H groups in total. The van der Waals surface area contributed by atoms with Crippen LogP contribution in [-0.4, -0.2) is 68.2 Å². The maximum atomic E-state index is 11.4. The van der Waals surface area contributed by atoms with Gasteiger partial charge in [-0.25, -0.2) is 4.98 Å². The summed E-state index contributed by atoms with van der Waals surface area (Å²) in [5, 5.41) is 30.2. The van der Waals surface area contributed by atoms with Gasteiger partial charge in [0.2, 0.25) is 5.89 Å². The van der Waals surface area contributed by atoms with Gasteiger partial charge in [0, 0.05) is 55.1 Å². The molecule has 0 radical (unpaired) electrons. The van der Waals surface area contributed by atoms with Gasteiger partial charge in [0.1, 0.15) is 11.6 Å². The Hall–Kier alpha value is -4.85. The van der Waals surface area contributed by atoms with Crippen molar-refractivity contribution in [3.8, 4) is 28.7 Å². The number of β-amino-alcohol motifs (C(OH)–C–C–N with tert-alkyl or cyclic N) is 1. The van der Waals surface area contributed by atoms with E-state index in [0.29, 0.717) is 53.8 Å². The van der Waals surface area contributed by atoms with Gasteiger partial charge in [-0.1, -0.05) is 41.9 Å². The van der Waals surface area contributed by atoms with Crippen LogP contribution in [0.15, 0.2) is 65.2 Å². The predicted octanol–water partition coefficient (Wildman–Crippen LogP) is 7.34. The molecule has 2 aliphatic rings. The molecule has 2 fully saturated rings. The quantitative estimate of drug-likeness (QED) is 0.164. The third kappa shape index (κ3) is 6.93. The van der Waals surface area contributed by atoms with E-state index in [2.05, 4.69) is 20.9 Å². The number of aryl methyl sites for hydroxylation is 1. The average Bonchev–Trinajstić information content (AvgIpc) is 3.85. The van der Waals surface area contributed by atoms with E-state index in [4.69, 9.17) is 21.0 Å². The highest BCUT2D eigenvalue weighted by Crippen LogP contribution is 2.36. The average molecular weight is 688 g/mol. The summed E-state index contributed by atoms with van der Waals surface area (Å²) in [6.45, 7) is 8.29. The van der Waals surface area contributed by atoms with Crippen LogP contribution in [0, 0.1) is 31.1 Å². The van der Waals surface area contributed by atoms with Gasteiger partial charge < -0.3 is 14.6 Å². The fraction of sp³-hybridized carbons (Fsp3) is 0.300. The Kier molecular flexibility index (Phi) is 9.54. The fourth-order valence-corrected chi connectivity index (χ4v) is 7.39. The van der Waals surface area contributed by atoms with E-state index in [-0.39, 0.29) is 12.0 Å². The minimum atomic E-state index is -0.742. The second kappa shape index (κ2) is 14.2. The van der Waals surface area contributed by atoms with E-state index < -0.39 is 5.97 Å². The number of fused-ring (bicyclic) bond motifs is 1. The number of oxazole rings is 1. The lowest BCUT2D eigenvalue weighted by molar-refractivity contribution is -0.141. The second-order valence-electron chi connectivity index (χ2n) is 13.4. The molecule has 3 aromatic carbocycles. The van der Waals surface area contributed by atoms with Crippen LogP contribution in [0.5, 0.6) is 0 Å². The van der Waals surface area contributed by atoms with Crippen LogP contribution in [-0.2, 0) is 17.9 Å². The maximum Gasteiger partial charge on any atom is 0.307 e. The number of carboxylic acids is 1. The molecule has 5 aromatic rings. The summed E-state index contributed by atoms with van der Waals surface area (Å²) in [7, 11) is 0. The predicted molar refractivity (Wildman–Crippen MR) is 194 cm³/mol. The molecule has 2 saturated heterocycles. The molecule has 0 aliphatic carbocycles. The molecular formula is C40H38ClN5O4. The van der Waals surface area contributed by atoms with E-state index >= 15 is 0 Å². The van der Waals surface area contributed by atoms with E-state index in [0.717, 1.165) is 76.1 Å². The third-order valence-electron chi connectivity index (χ3n) is 9.94. The highest BCUT2D eigenvalue weighted by Gasteiger charge is 2.28. The molecule has 0 bridgehead atoms. The number of hydrogen-bond donors (Lipinski definition) is 2. The molecule has 2 aromatic heterocycles. The van der Waals surface area contributed by atoms with Crippen LogP contribution in [0.3, 0.4) is 0 Å². The number of halogens is 1. The summed E-state index contributed by atoms with van der Waals surface area (Å²) in [6, 6.07) is 20.2. The Bertz CT molecular complexity index is 2170. The number of carbonyl (C=O) groups is 1. The molecule has 2 atom stereocenters. The molecule has 0 saturated carbocycles. The summed E-state index contributed by atoms with van der Waals surface area (Å²) in [4.78, 5) is 25.2. The molecule has 7 rings (SSSR count). The van der Waals surface area contributed by atoms with Crippen molar-refractivity contribution in [1.29, 1.82) is 5.26 Å². The van der Waals surface area contributed by atoms with Crippen molar-refractivity contribution >= 4 is 40.8 Å². The lowest BCUT2D eigenvalue weighted by Gasteiger charge is -2.18. The zero-order valence-corrected chi connectivity index (χ0v) is 28.8. The minimum Gasteiger partial charge on any atom is -0.481 e. The summed E-state index contributed by atoms with van der Waals surface area (Å²) in [5.41, 5.74) is 9.94. The summed E-state index contributed by atoms with van der Waals surface area (Å²) < 4.78 is 6.22. The van der Waals surface area contributed by atoms with Gasteiger partial charge in [0.25, 0.3) is 0 Å². The first kappa shape index (κ1) is 33.6. The number of aliphatic carboxylic acids is 1. The summed E-state index contributed by atoms with van der Waals surface area (Å²) in [5.74, 6) is -0.552. The van der Waals surface area contributed by atoms with Gasteiger partial charge >= 0.3 is 5.97 Å². The zero-order chi connectivity index (χ0) is 34.9. The Morgan fingerprint density at radius 1 is 1.02 bits per heavy atom. The minimum absolute atomic E-state index is 0.259. The van der Waals surface area contributed by atoms with Crippen LogP contribution in [0.4, 0.5) is 0 Å². The lowest BCUT2D eigenvalue weighted by Crippen LogP contribution is -2.23. The van der Waals surface area contributed by atoms with Gasteiger partial charge in [-0.3, -0.25) is 19.6 Å². The van der Waals surface area contributed by atoms with Gasteiger partial charge in [-0.15, -0.1) is 0 Å². The molecule has 0 unspecified atom stereocenters. The standard InChI is InChI=1S/C40H38ClN5O4/c1-24-16-27(35(41)18-29(24)22-46-14-11-28(21-46)40(48)49)7-8-36-34(19-42)33(10-13-43-36)31-4-3-5-32(25(31)2)39-44-37-17-26(6-9-38(37)50-39)20-45-15-12-30(47)23-45/h3-10,13,16-18,28,30,47H,11-12,14-15,20-23H2,1-2H3,(H,48,49)/b8-7+/t28-,30-/m1/s1. The van der Waals surface area contributed by atoms with Crippen molar-refractivity contribution in [3.63, 3.8) is 0 Å². The number of carboxylic acid groups (broad SMARTS) is 1. The van der Waals surface area contributed by atoms with Crippen LogP contribution in [0.25, 0.3) is 45.8 Å². The number of pyridine rings is 1. The van der Waals surface area contributed by atoms with E-state index in [9.17, 15) is 20.3 Å². The number of nitriles is 1. The molecule has 10 heteroatoms. The SMILES string of the molecule is Cc1cc(/C=C/c2nccc(-c3cccc(-c4nc5cc(CN6CC[C@@H](O)C6)ccc5o4)c3C)c2C#N)c(Cl)cc1CN1CC[C@@H](C(=O)O)C1. The number of benzene rings is 3. The smallest absolute Gasteiger partial charge is 0.307 e. The van der Waals surface area contributed by atoms with Crippen molar-refractivity contribution in [2.75, 3.05) is 26.2 Å². The normalized spacial score (nSPS) is 18.4. The van der Waals surface area contributed by atoms with Gasteiger partial charge in [0.15, 0.2) is 5.58 Å². The number of rotatable bonds is 9. The van der Waals surface area contributed by atoms with Gasteiger partial charge in [-0.05, 0) is 103 Å². The number of hydrogen-bond acceptors (Lipinski definition) is 8. The number of aliphatic hydroxyl groups excluding tert-OH is 1. The van der Waals surface area contributed by atoms with Gasteiger partial charge in [-0.2, -0.15) is 5.26 Å². The molecule has 0 spiro atoms. The van der Waals surface area contributed by atoms with Crippen LogP contribution < -0.4 is 0 Å². The first-order valence-corrected chi connectivity index (χ1v) is 17.3. The Labute approximate surface area is 296 Å². The Morgan fingerprint density at radius 2 is 1.82 bits per heavy atom. The highest BCUT2D eigenvalue weighted by molar-refractivity contribution is 6.32. The van der Waals surface area contributed by atoms with E-state index in [1.54, 1.807) is 6.20 Å². The molecule has 4 heterocycles. The summed E-state index contributed by atoms with van der Waals surface area (Å²) in [6.07, 6.45) is 6.61. The Morgan fingerprint density at radius 3 is 2.58 bits per heavy atom. The number of likely N-dealkylation sites (tertiary alicyclic amines) is 2. The number of aromatic nitrogens is 2. The first-order chi connectivity index (χ1) is 24.2. The van der Waals surface area contributed by atoms with Crippen molar-refractivity contribution < 1.29 is 19.4 Å².